The lowest BCUT2D eigenvalue weighted by molar-refractivity contribution is -0.231. The van der Waals surface area contributed by atoms with E-state index in [1.807, 2.05) is 0 Å². The maximum Gasteiger partial charge on any atom is 0.383 e. The molecular formula is C9H8F2O3. The van der Waals surface area contributed by atoms with Crippen molar-refractivity contribution >= 4 is 5.97 Å². The smallest absolute Gasteiger partial charge is 0.383 e. The van der Waals surface area contributed by atoms with Crippen molar-refractivity contribution in [1.29, 1.82) is 0 Å². The van der Waals surface area contributed by atoms with Crippen LogP contribution in [0, 0.1) is 0 Å². The average Bonchev–Trinajstić information content (AvgIpc) is 2.18. The van der Waals surface area contributed by atoms with E-state index in [-0.39, 0.29) is 11.1 Å². The Hall–Kier alpha value is -1.49. The van der Waals surface area contributed by atoms with Crippen LogP contribution >= 0.6 is 0 Å². The molecule has 0 spiro atoms. The molecule has 0 heterocycles. The minimum absolute atomic E-state index is 0.0411. The Morgan fingerprint density at radius 3 is 2.21 bits per heavy atom. The molecule has 1 rings (SSSR count). The van der Waals surface area contributed by atoms with E-state index in [0.717, 1.165) is 31.4 Å². The van der Waals surface area contributed by atoms with Crippen molar-refractivity contribution in [2.75, 3.05) is 7.11 Å². The lowest BCUT2D eigenvalue weighted by Crippen LogP contribution is -2.15. The fraction of sp³-hybridized carbons (Fsp3) is 0.222. The van der Waals surface area contributed by atoms with Crippen molar-refractivity contribution in [2.45, 2.75) is 6.11 Å². The van der Waals surface area contributed by atoms with Gasteiger partial charge in [-0.15, -0.1) is 0 Å². The number of ether oxygens (including phenoxy) is 1. The molecular weight excluding hydrogens is 194 g/mol. The van der Waals surface area contributed by atoms with Gasteiger partial charge in [-0.2, -0.15) is 8.78 Å². The Labute approximate surface area is 78.9 Å². The molecule has 1 aromatic carbocycles. The minimum atomic E-state index is -3.38. The molecule has 0 saturated carbocycles. The van der Waals surface area contributed by atoms with E-state index in [1.165, 1.54) is 0 Å². The highest BCUT2D eigenvalue weighted by Gasteiger charge is 2.30. The Kier molecular flexibility index (Phi) is 2.81. The van der Waals surface area contributed by atoms with Crippen molar-refractivity contribution < 1.29 is 23.4 Å². The largest absolute Gasteiger partial charge is 0.478 e. The summed E-state index contributed by atoms with van der Waals surface area (Å²) in [4.78, 5) is 10.4. The molecule has 3 nitrogen and oxygen atoms in total. The number of halogens is 2. The molecule has 0 bridgehead atoms. The third kappa shape index (κ3) is 2.05. The van der Waals surface area contributed by atoms with Gasteiger partial charge < -0.3 is 9.84 Å². The fourth-order valence-electron chi connectivity index (χ4n) is 0.925. The van der Waals surface area contributed by atoms with E-state index in [2.05, 4.69) is 4.74 Å². The van der Waals surface area contributed by atoms with Crippen molar-refractivity contribution in [3.05, 3.63) is 35.4 Å². The normalized spacial score (nSPS) is 11.4. The lowest BCUT2D eigenvalue weighted by atomic mass is 10.1. The van der Waals surface area contributed by atoms with Crippen molar-refractivity contribution in [3.8, 4) is 0 Å². The Morgan fingerprint density at radius 1 is 1.36 bits per heavy atom. The van der Waals surface area contributed by atoms with E-state index in [0.29, 0.717) is 0 Å². The first kappa shape index (κ1) is 10.6. The highest BCUT2D eigenvalue weighted by molar-refractivity contribution is 5.87. The van der Waals surface area contributed by atoms with E-state index in [9.17, 15) is 13.6 Å². The van der Waals surface area contributed by atoms with E-state index >= 15 is 0 Å². The van der Waals surface area contributed by atoms with Crippen LogP contribution in [0.2, 0.25) is 0 Å². The molecule has 0 aliphatic heterocycles. The zero-order valence-electron chi connectivity index (χ0n) is 7.33. The molecule has 76 valence electrons. The van der Waals surface area contributed by atoms with Crippen LogP contribution in [0.1, 0.15) is 15.9 Å². The van der Waals surface area contributed by atoms with Gasteiger partial charge in [-0.3, -0.25) is 0 Å². The van der Waals surface area contributed by atoms with Crippen LogP contribution in [0.3, 0.4) is 0 Å². The average molecular weight is 202 g/mol. The summed E-state index contributed by atoms with van der Waals surface area (Å²) in [5, 5.41) is 8.52. The minimum Gasteiger partial charge on any atom is -0.478 e. The third-order valence-electron chi connectivity index (χ3n) is 1.72. The van der Waals surface area contributed by atoms with Crippen molar-refractivity contribution in [1.82, 2.24) is 0 Å². The van der Waals surface area contributed by atoms with Gasteiger partial charge in [0, 0.05) is 7.11 Å². The molecule has 5 heteroatoms. The van der Waals surface area contributed by atoms with Gasteiger partial charge in [0.1, 0.15) is 0 Å². The SMILES string of the molecule is COC(F)(F)c1ccc(C(=O)O)cc1. The first-order valence-corrected chi connectivity index (χ1v) is 3.74. The molecule has 14 heavy (non-hydrogen) atoms. The summed E-state index contributed by atoms with van der Waals surface area (Å²) >= 11 is 0. The summed E-state index contributed by atoms with van der Waals surface area (Å²) in [7, 11) is 0.880. The van der Waals surface area contributed by atoms with Crippen LogP contribution in [0.4, 0.5) is 8.78 Å². The number of hydrogen-bond acceptors (Lipinski definition) is 2. The quantitative estimate of drug-likeness (QED) is 0.816. The fourth-order valence-corrected chi connectivity index (χ4v) is 0.925. The monoisotopic (exact) mass is 202 g/mol. The predicted octanol–water partition coefficient (Wildman–Crippen LogP) is 2.08. The topological polar surface area (TPSA) is 46.5 Å². The van der Waals surface area contributed by atoms with Gasteiger partial charge in [-0.1, -0.05) is 0 Å². The van der Waals surface area contributed by atoms with Crippen LogP contribution < -0.4 is 0 Å². The second-order valence-electron chi connectivity index (χ2n) is 2.60. The number of carboxylic acid groups (broad SMARTS) is 1. The van der Waals surface area contributed by atoms with Gasteiger partial charge in [0.2, 0.25) is 0 Å². The predicted molar refractivity (Wildman–Crippen MR) is 44.3 cm³/mol. The molecule has 0 aliphatic carbocycles. The number of rotatable bonds is 3. The molecule has 0 fully saturated rings. The first-order chi connectivity index (χ1) is 6.47. The van der Waals surface area contributed by atoms with Crippen LogP contribution in [0.15, 0.2) is 24.3 Å². The van der Waals surface area contributed by atoms with E-state index in [1.54, 1.807) is 0 Å². The van der Waals surface area contributed by atoms with Gasteiger partial charge in [0.15, 0.2) is 0 Å². The lowest BCUT2D eigenvalue weighted by Gasteiger charge is -2.13. The van der Waals surface area contributed by atoms with E-state index in [4.69, 9.17) is 5.11 Å². The zero-order chi connectivity index (χ0) is 10.8. The van der Waals surface area contributed by atoms with Gasteiger partial charge >= 0.3 is 12.1 Å². The maximum absolute atomic E-state index is 12.8. The van der Waals surface area contributed by atoms with E-state index < -0.39 is 12.1 Å². The van der Waals surface area contributed by atoms with Crippen molar-refractivity contribution in [3.63, 3.8) is 0 Å². The Morgan fingerprint density at radius 2 is 1.86 bits per heavy atom. The molecule has 0 unspecified atom stereocenters. The summed E-state index contributed by atoms with van der Waals surface area (Å²) in [5.41, 5.74) is -0.411. The second-order valence-corrected chi connectivity index (χ2v) is 2.60. The number of alkyl halides is 2. The highest BCUT2D eigenvalue weighted by Crippen LogP contribution is 2.28. The van der Waals surface area contributed by atoms with Crippen LogP contribution in [-0.2, 0) is 10.8 Å². The molecule has 0 aromatic heterocycles. The Balaban J connectivity index is 2.99. The summed E-state index contributed by atoms with van der Waals surface area (Å²) in [6.07, 6.45) is -3.38. The summed E-state index contributed by atoms with van der Waals surface area (Å²) in [6.45, 7) is 0. The maximum atomic E-state index is 12.8. The molecule has 0 amide bonds. The summed E-state index contributed by atoms with van der Waals surface area (Å²) < 4.78 is 29.6. The number of methoxy groups -OCH3 is 1. The number of carboxylic acids is 1. The third-order valence-corrected chi connectivity index (χ3v) is 1.72. The molecule has 0 saturated heterocycles. The Bertz CT molecular complexity index is 332. The summed E-state index contributed by atoms with van der Waals surface area (Å²) in [6, 6.07) is 4.25. The standard InChI is InChI=1S/C9H8F2O3/c1-14-9(10,11)7-4-2-6(3-5-7)8(12)13/h2-5H,1H3,(H,12,13). The molecule has 1 aromatic rings. The van der Waals surface area contributed by atoms with Crippen molar-refractivity contribution in [2.24, 2.45) is 0 Å². The van der Waals surface area contributed by atoms with Crippen LogP contribution in [0.5, 0.6) is 0 Å². The number of hydrogen-bond donors (Lipinski definition) is 1. The molecule has 1 N–H and O–H groups in total. The number of benzene rings is 1. The zero-order valence-corrected chi connectivity index (χ0v) is 7.33. The number of carbonyl (C=O) groups is 1. The number of aromatic carboxylic acids is 1. The van der Waals surface area contributed by atoms with Gasteiger partial charge in [-0.05, 0) is 24.3 Å². The highest BCUT2D eigenvalue weighted by atomic mass is 19.3. The van der Waals surface area contributed by atoms with Gasteiger partial charge in [0.05, 0.1) is 11.1 Å². The molecule has 0 atom stereocenters. The summed E-state index contributed by atoms with van der Waals surface area (Å²) in [5.74, 6) is -1.16. The van der Waals surface area contributed by atoms with Gasteiger partial charge in [0.25, 0.3) is 0 Å². The molecule has 0 radical (unpaired) electrons. The van der Waals surface area contributed by atoms with Crippen LogP contribution in [0.25, 0.3) is 0 Å². The van der Waals surface area contributed by atoms with Gasteiger partial charge in [-0.25, -0.2) is 4.79 Å². The second kappa shape index (κ2) is 3.71. The first-order valence-electron chi connectivity index (χ1n) is 3.74. The van der Waals surface area contributed by atoms with Crippen LogP contribution in [-0.4, -0.2) is 18.2 Å². The molecule has 0 aliphatic rings.